The van der Waals surface area contributed by atoms with E-state index in [9.17, 15) is 9.59 Å². The molecule has 5 nitrogen and oxygen atoms in total. The molecule has 1 fully saturated rings. The van der Waals surface area contributed by atoms with E-state index >= 15 is 0 Å². The third-order valence-electron chi connectivity index (χ3n) is 4.41. The fourth-order valence-corrected chi connectivity index (χ4v) is 3.00. The molecule has 1 aliphatic heterocycles. The average Bonchev–Trinajstić information content (AvgIpc) is 2.67. The number of amides is 1. The van der Waals surface area contributed by atoms with Crippen LogP contribution in [0.1, 0.15) is 30.1 Å². The molecule has 1 amide bonds. The summed E-state index contributed by atoms with van der Waals surface area (Å²) in [5, 5.41) is 0. The number of hydrogen-bond acceptors (Lipinski definition) is 4. The predicted octanol–water partition coefficient (Wildman–Crippen LogP) is 3.89. The summed E-state index contributed by atoms with van der Waals surface area (Å²) in [5.41, 5.74) is 0.394. The lowest BCUT2D eigenvalue weighted by Gasteiger charge is -2.30. The zero-order valence-corrected chi connectivity index (χ0v) is 14.9. The van der Waals surface area contributed by atoms with Gasteiger partial charge in [0, 0.05) is 13.1 Å². The summed E-state index contributed by atoms with van der Waals surface area (Å²) in [6, 6.07) is 16.1. The highest BCUT2D eigenvalue weighted by atomic mass is 16.5. The SMILES string of the molecule is CC1CCCN(C(=O)COC(=O)c2ccc(Oc3ccccc3)cc2)C1. The molecule has 1 saturated heterocycles. The summed E-state index contributed by atoms with van der Waals surface area (Å²) in [6.45, 7) is 3.40. The first kappa shape index (κ1) is 18.0. The van der Waals surface area contributed by atoms with E-state index in [4.69, 9.17) is 9.47 Å². The number of likely N-dealkylation sites (tertiary alicyclic amines) is 1. The van der Waals surface area contributed by atoms with Crippen LogP contribution in [0.15, 0.2) is 54.6 Å². The summed E-state index contributed by atoms with van der Waals surface area (Å²) in [5.74, 6) is 1.22. The van der Waals surface area contributed by atoms with Crippen molar-refractivity contribution in [2.75, 3.05) is 19.7 Å². The first-order valence-corrected chi connectivity index (χ1v) is 8.89. The Hall–Kier alpha value is -2.82. The van der Waals surface area contributed by atoms with Crippen molar-refractivity contribution in [1.29, 1.82) is 0 Å². The monoisotopic (exact) mass is 353 g/mol. The van der Waals surface area contributed by atoms with E-state index in [1.165, 1.54) is 0 Å². The van der Waals surface area contributed by atoms with Gasteiger partial charge in [0.1, 0.15) is 11.5 Å². The van der Waals surface area contributed by atoms with Crippen LogP contribution in [0.5, 0.6) is 11.5 Å². The first-order valence-electron chi connectivity index (χ1n) is 8.89. The second-order valence-corrected chi connectivity index (χ2v) is 6.60. The molecule has 2 aromatic rings. The highest BCUT2D eigenvalue weighted by molar-refractivity contribution is 5.91. The number of carbonyl (C=O) groups excluding carboxylic acids is 2. The van der Waals surface area contributed by atoms with Crippen LogP contribution in [-0.2, 0) is 9.53 Å². The van der Waals surface area contributed by atoms with Crippen LogP contribution in [0.4, 0.5) is 0 Å². The van der Waals surface area contributed by atoms with Gasteiger partial charge < -0.3 is 14.4 Å². The van der Waals surface area contributed by atoms with Crippen LogP contribution in [0.25, 0.3) is 0 Å². The Bertz CT molecular complexity index is 742. The smallest absolute Gasteiger partial charge is 0.338 e. The topological polar surface area (TPSA) is 55.8 Å². The molecular formula is C21H23NO4. The highest BCUT2D eigenvalue weighted by Gasteiger charge is 2.22. The van der Waals surface area contributed by atoms with Gasteiger partial charge in [0.05, 0.1) is 5.56 Å². The Morgan fingerprint density at radius 1 is 1.04 bits per heavy atom. The number of rotatable bonds is 5. The van der Waals surface area contributed by atoms with E-state index in [0.717, 1.165) is 31.7 Å². The maximum atomic E-state index is 12.2. The lowest BCUT2D eigenvalue weighted by atomic mass is 10.0. The predicted molar refractivity (Wildman–Crippen MR) is 98.2 cm³/mol. The molecule has 0 aromatic heterocycles. The molecule has 0 bridgehead atoms. The first-order chi connectivity index (χ1) is 12.6. The lowest BCUT2D eigenvalue weighted by molar-refractivity contribution is -0.136. The Kier molecular flexibility index (Phi) is 5.89. The van der Waals surface area contributed by atoms with Gasteiger partial charge in [0.2, 0.25) is 0 Å². The third-order valence-corrected chi connectivity index (χ3v) is 4.41. The number of carbonyl (C=O) groups is 2. The fourth-order valence-electron chi connectivity index (χ4n) is 3.00. The van der Waals surface area contributed by atoms with Crippen molar-refractivity contribution in [2.45, 2.75) is 19.8 Å². The van der Waals surface area contributed by atoms with Crippen molar-refractivity contribution in [1.82, 2.24) is 4.90 Å². The molecule has 0 N–H and O–H groups in total. The molecule has 3 rings (SSSR count). The lowest BCUT2D eigenvalue weighted by Crippen LogP contribution is -2.41. The standard InChI is InChI=1S/C21H23NO4/c1-16-6-5-13-22(14-16)20(23)15-25-21(24)17-9-11-19(12-10-17)26-18-7-3-2-4-8-18/h2-4,7-12,16H,5-6,13-15H2,1H3. The molecular weight excluding hydrogens is 330 g/mol. The number of hydrogen-bond donors (Lipinski definition) is 0. The van der Waals surface area contributed by atoms with Crippen molar-refractivity contribution in [3.63, 3.8) is 0 Å². The molecule has 0 radical (unpaired) electrons. The summed E-state index contributed by atoms with van der Waals surface area (Å²) < 4.78 is 10.9. The van der Waals surface area contributed by atoms with E-state index in [2.05, 4.69) is 6.92 Å². The summed E-state index contributed by atoms with van der Waals surface area (Å²) in [7, 11) is 0. The largest absolute Gasteiger partial charge is 0.457 e. The van der Waals surface area contributed by atoms with Crippen molar-refractivity contribution < 1.29 is 19.1 Å². The zero-order chi connectivity index (χ0) is 18.4. The summed E-state index contributed by atoms with van der Waals surface area (Å²) >= 11 is 0. The molecule has 2 aromatic carbocycles. The van der Waals surface area contributed by atoms with Gasteiger partial charge in [-0.1, -0.05) is 25.1 Å². The molecule has 1 unspecified atom stereocenters. The minimum atomic E-state index is -0.505. The van der Waals surface area contributed by atoms with Crippen molar-refractivity contribution >= 4 is 11.9 Å². The normalized spacial score (nSPS) is 16.8. The Morgan fingerprint density at radius 2 is 1.73 bits per heavy atom. The number of benzene rings is 2. The van der Waals surface area contributed by atoms with Crippen LogP contribution >= 0.6 is 0 Å². The van der Waals surface area contributed by atoms with Crippen molar-refractivity contribution in [3.8, 4) is 11.5 Å². The number of piperidine rings is 1. The second-order valence-electron chi connectivity index (χ2n) is 6.60. The Morgan fingerprint density at radius 3 is 2.42 bits per heavy atom. The van der Waals surface area contributed by atoms with Crippen LogP contribution in [0.2, 0.25) is 0 Å². The molecule has 136 valence electrons. The fraction of sp³-hybridized carbons (Fsp3) is 0.333. The number of para-hydroxylation sites is 1. The Labute approximate surface area is 153 Å². The van der Waals surface area contributed by atoms with Gasteiger partial charge in [0.15, 0.2) is 6.61 Å². The van der Waals surface area contributed by atoms with E-state index in [0.29, 0.717) is 17.2 Å². The van der Waals surface area contributed by atoms with E-state index < -0.39 is 5.97 Å². The van der Waals surface area contributed by atoms with Gasteiger partial charge >= 0.3 is 5.97 Å². The van der Waals surface area contributed by atoms with E-state index in [1.54, 1.807) is 29.2 Å². The van der Waals surface area contributed by atoms with Crippen LogP contribution in [-0.4, -0.2) is 36.5 Å². The number of nitrogens with zero attached hydrogens (tertiary/aromatic N) is 1. The van der Waals surface area contributed by atoms with Crippen molar-refractivity contribution in [2.24, 2.45) is 5.92 Å². The minimum Gasteiger partial charge on any atom is -0.457 e. The second kappa shape index (κ2) is 8.52. The number of ether oxygens (including phenoxy) is 2. The maximum absolute atomic E-state index is 12.2. The quantitative estimate of drug-likeness (QED) is 0.765. The molecule has 1 aliphatic rings. The average molecular weight is 353 g/mol. The van der Waals surface area contributed by atoms with E-state index in [-0.39, 0.29) is 12.5 Å². The Balaban J connectivity index is 1.51. The van der Waals surface area contributed by atoms with Crippen LogP contribution in [0.3, 0.4) is 0 Å². The molecule has 5 heteroatoms. The molecule has 1 atom stereocenters. The third kappa shape index (κ3) is 4.85. The van der Waals surface area contributed by atoms with Crippen LogP contribution in [0, 0.1) is 5.92 Å². The summed E-state index contributed by atoms with van der Waals surface area (Å²) in [6.07, 6.45) is 2.14. The number of esters is 1. The molecule has 1 heterocycles. The van der Waals surface area contributed by atoms with Gasteiger partial charge in [-0.3, -0.25) is 4.79 Å². The molecule has 0 aliphatic carbocycles. The van der Waals surface area contributed by atoms with E-state index in [1.807, 2.05) is 30.3 Å². The van der Waals surface area contributed by atoms with Gasteiger partial charge in [-0.15, -0.1) is 0 Å². The molecule has 0 spiro atoms. The minimum absolute atomic E-state index is 0.131. The molecule has 0 saturated carbocycles. The van der Waals surface area contributed by atoms with Gasteiger partial charge in [-0.25, -0.2) is 4.79 Å². The van der Waals surface area contributed by atoms with Gasteiger partial charge in [0.25, 0.3) is 5.91 Å². The van der Waals surface area contributed by atoms with Gasteiger partial charge in [-0.05, 0) is 55.2 Å². The summed E-state index contributed by atoms with van der Waals surface area (Å²) in [4.78, 5) is 26.1. The molecule has 26 heavy (non-hydrogen) atoms. The van der Waals surface area contributed by atoms with Crippen LogP contribution < -0.4 is 4.74 Å². The van der Waals surface area contributed by atoms with Crippen molar-refractivity contribution in [3.05, 3.63) is 60.2 Å². The zero-order valence-electron chi connectivity index (χ0n) is 14.9. The highest BCUT2D eigenvalue weighted by Crippen LogP contribution is 2.21. The van der Waals surface area contributed by atoms with Gasteiger partial charge in [-0.2, -0.15) is 0 Å². The maximum Gasteiger partial charge on any atom is 0.338 e.